The van der Waals surface area contributed by atoms with Gasteiger partial charge in [-0.1, -0.05) is 12.2 Å². The third-order valence-electron chi connectivity index (χ3n) is 3.23. The van der Waals surface area contributed by atoms with E-state index in [1.165, 1.54) is 0 Å². The Balaban J connectivity index is 2.52. The molecule has 3 N–H and O–H groups in total. The molecule has 114 valence electrons. The van der Waals surface area contributed by atoms with Crippen LogP contribution in [0.2, 0.25) is 0 Å². The summed E-state index contributed by atoms with van der Waals surface area (Å²) in [5, 5.41) is 11.3. The number of amides is 2. The molecule has 1 aliphatic heterocycles. The van der Waals surface area contributed by atoms with Crippen LogP contribution < -0.4 is 10.8 Å². The van der Waals surface area contributed by atoms with Crippen LogP contribution >= 0.6 is 0 Å². The third kappa shape index (κ3) is 7.25. The highest BCUT2D eigenvalue weighted by Crippen LogP contribution is 2.13. The molecule has 1 atom stereocenters. The molecule has 0 aromatic heterocycles. The van der Waals surface area contributed by atoms with Gasteiger partial charge in [-0.05, 0) is 32.1 Å². The molecule has 0 saturated heterocycles. The first-order valence-corrected chi connectivity index (χ1v) is 7.17. The molecule has 0 fully saturated rings. The maximum absolute atomic E-state index is 12.0. The topological polar surface area (TPSA) is 87.7 Å². The Kier molecular flexibility index (Phi) is 8.66. The van der Waals surface area contributed by atoms with Crippen molar-refractivity contribution in [3.8, 4) is 0 Å². The number of nitrogens with one attached hydrogen (secondary N) is 2. The second kappa shape index (κ2) is 10.4. The Morgan fingerprint density at radius 1 is 1.35 bits per heavy atom. The average Bonchev–Trinajstić information content (AvgIpc) is 2.45. The van der Waals surface area contributed by atoms with Crippen LogP contribution in [0.15, 0.2) is 12.2 Å². The maximum atomic E-state index is 12.0. The first-order valence-electron chi connectivity index (χ1n) is 7.17. The van der Waals surface area contributed by atoms with Crippen LogP contribution in [0.1, 0.15) is 38.5 Å². The molecule has 20 heavy (non-hydrogen) atoms. The minimum absolute atomic E-state index is 0.00295. The number of hydrogen-bond donors (Lipinski definition) is 3. The lowest BCUT2D eigenvalue weighted by Crippen LogP contribution is -2.36. The van der Waals surface area contributed by atoms with Crippen LogP contribution in [-0.2, 0) is 14.3 Å². The van der Waals surface area contributed by atoms with Crippen molar-refractivity contribution in [3.63, 3.8) is 0 Å². The van der Waals surface area contributed by atoms with Gasteiger partial charge in [-0.2, -0.15) is 0 Å². The number of carbonyl (C=O) groups is 2. The first-order chi connectivity index (χ1) is 9.74. The lowest BCUT2D eigenvalue weighted by molar-refractivity contribution is -0.135. The maximum Gasteiger partial charge on any atom is 0.244 e. The van der Waals surface area contributed by atoms with Crippen LogP contribution in [-0.4, -0.2) is 36.8 Å². The van der Waals surface area contributed by atoms with Crippen molar-refractivity contribution in [3.05, 3.63) is 12.2 Å². The molecule has 1 aliphatic rings. The van der Waals surface area contributed by atoms with Crippen molar-refractivity contribution < 1.29 is 19.5 Å². The summed E-state index contributed by atoms with van der Waals surface area (Å²) in [7, 11) is 0. The molecular weight excluding hydrogens is 260 g/mol. The molecule has 0 bridgehead atoms. The highest BCUT2D eigenvalue weighted by atomic mass is 16.5. The first kappa shape index (κ1) is 16.7. The normalized spacial score (nSPS) is 24.2. The largest absolute Gasteiger partial charge is 0.380 e. The van der Waals surface area contributed by atoms with E-state index in [1.807, 2.05) is 6.08 Å². The van der Waals surface area contributed by atoms with Crippen molar-refractivity contribution in [2.24, 2.45) is 5.92 Å². The smallest absolute Gasteiger partial charge is 0.244 e. The van der Waals surface area contributed by atoms with E-state index in [4.69, 9.17) is 9.94 Å². The van der Waals surface area contributed by atoms with E-state index in [1.54, 1.807) is 5.48 Å². The van der Waals surface area contributed by atoms with E-state index >= 15 is 0 Å². The molecule has 6 heteroatoms. The van der Waals surface area contributed by atoms with Gasteiger partial charge >= 0.3 is 0 Å². The highest BCUT2D eigenvalue weighted by Gasteiger charge is 2.20. The fraction of sp³-hybridized carbons (Fsp3) is 0.714. The SMILES string of the molecule is O=C(CC1CC/C=C\CCCCOCCNC1=O)NO. The molecule has 6 nitrogen and oxygen atoms in total. The van der Waals surface area contributed by atoms with Gasteiger partial charge < -0.3 is 10.1 Å². The fourth-order valence-corrected chi connectivity index (χ4v) is 2.09. The molecular formula is C14H24N2O4. The Morgan fingerprint density at radius 3 is 2.95 bits per heavy atom. The average molecular weight is 284 g/mol. The zero-order valence-corrected chi connectivity index (χ0v) is 11.8. The minimum Gasteiger partial charge on any atom is -0.380 e. The van der Waals surface area contributed by atoms with E-state index in [0.717, 1.165) is 25.7 Å². The summed E-state index contributed by atoms with van der Waals surface area (Å²) < 4.78 is 5.41. The standard InChI is InChI=1S/C14H24N2O4/c17-13(16-19)11-12-7-5-3-1-2-4-6-9-20-10-8-15-14(12)18/h1,3,12,19H,2,4-11H2,(H,15,18)(H,16,17)/b3-1-. The van der Waals surface area contributed by atoms with Crippen LogP contribution in [0.5, 0.6) is 0 Å². The number of allylic oxidation sites excluding steroid dienone is 2. The molecule has 1 rings (SSSR count). The summed E-state index contributed by atoms with van der Waals surface area (Å²) in [6.07, 6.45) is 8.63. The lowest BCUT2D eigenvalue weighted by Gasteiger charge is -2.15. The Morgan fingerprint density at radius 2 is 2.15 bits per heavy atom. The van der Waals surface area contributed by atoms with Crippen LogP contribution in [0, 0.1) is 5.92 Å². The molecule has 0 radical (unpaired) electrons. The van der Waals surface area contributed by atoms with Gasteiger partial charge in [0.15, 0.2) is 0 Å². The van der Waals surface area contributed by atoms with Crippen molar-refractivity contribution in [1.29, 1.82) is 0 Å². The van der Waals surface area contributed by atoms with Crippen molar-refractivity contribution in [2.45, 2.75) is 38.5 Å². The number of rotatable bonds is 2. The van der Waals surface area contributed by atoms with E-state index in [0.29, 0.717) is 26.2 Å². The second-order valence-corrected chi connectivity index (χ2v) is 4.88. The predicted octanol–water partition coefficient (Wildman–Crippen LogP) is 1.15. The molecule has 2 amide bonds. The number of hydrogen-bond acceptors (Lipinski definition) is 4. The van der Waals surface area contributed by atoms with Gasteiger partial charge in [0.05, 0.1) is 6.61 Å². The van der Waals surface area contributed by atoms with E-state index in [9.17, 15) is 9.59 Å². The van der Waals surface area contributed by atoms with Crippen molar-refractivity contribution in [1.82, 2.24) is 10.8 Å². The molecule has 0 aromatic rings. The zero-order valence-electron chi connectivity index (χ0n) is 11.8. The van der Waals surface area contributed by atoms with Gasteiger partial charge in [-0.25, -0.2) is 5.48 Å². The number of hydroxylamine groups is 1. The molecule has 0 saturated carbocycles. The molecule has 0 aliphatic carbocycles. The number of ether oxygens (including phenoxy) is 1. The van der Waals surface area contributed by atoms with E-state index in [-0.39, 0.29) is 12.3 Å². The van der Waals surface area contributed by atoms with Gasteiger partial charge in [0.2, 0.25) is 11.8 Å². The molecule has 1 heterocycles. The third-order valence-corrected chi connectivity index (χ3v) is 3.23. The van der Waals surface area contributed by atoms with Gasteiger partial charge in [-0.15, -0.1) is 0 Å². The van der Waals surface area contributed by atoms with Crippen LogP contribution in [0.4, 0.5) is 0 Å². The minimum atomic E-state index is -0.536. The summed E-state index contributed by atoms with van der Waals surface area (Å²) >= 11 is 0. The Hall–Kier alpha value is -1.40. The zero-order chi connectivity index (χ0) is 14.6. The van der Waals surface area contributed by atoms with Gasteiger partial charge in [-0.3, -0.25) is 14.8 Å². The summed E-state index contributed by atoms with van der Waals surface area (Å²) in [5.41, 5.74) is 1.58. The Bertz CT molecular complexity index is 331. The van der Waals surface area contributed by atoms with Crippen molar-refractivity contribution >= 4 is 11.8 Å². The fourth-order valence-electron chi connectivity index (χ4n) is 2.09. The summed E-state index contributed by atoms with van der Waals surface area (Å²) in [5.74, 6) is -1.12. The molecule has 0 spiro atoms. The summed E-state index contributed by atoms with van der Waals surface area (Å²) in [6, 6.07) is 0. The second-order valence-electron chi connectivity index (χ2n) is 4.88. The number of carbonyl (C=O) groups excluding carboxylic acids is 2. The van der Waals surface area contributed by atoms with E-state index < -0.39 is 11.8 Å². The highest BCUT2D eigenvalue weighted by molar-refractivity contribution is 5.85. The van der Waals surface area contributed by atoms with Gasteiger partial charge in [0.1, 0.15) is 0 Å². The Labute approximate surface area is 119 Å². The molecule has 0 aromatic carbocycles. The molecule has 1 unspecified atom stereocenters. The van der Waals surface area contributed by atoms with Gasteiger partial charge in [0.25, 0.3) is 0 Å². The van der Waals surface area contributed by atoms with Crippen LogP contribution in [0.3, 0.4) is 0 Å². The summed E-state index contributed by atoms with van der Waals surface area (Å²) in [4.78, 5) is 23.2. The van der Waals surface area contributed by atoms with Crippen LogP contribution in [0.25, 0.3) is 0 Å². The van der Waals surface area contributed by atoms with Crippen molar-refractivity contribution in [2.75, 3.05) is 19.8 Å². The predicted molar refractivity (Wildman–Crippen MR) is 74.1 cm³/mol. The monoisotopic (exact) mass is 284 g/mol. The van der Waals surface area contributed by atoms with E-state index in [2.05, 4.69) is 11.4 Å². The lowest BCUT2D eigenvalue weighted by atomic mass is 9.97. The summed E-state index contributed by atoms with van der Waals surface area (Å²) in [6.45, 7) is 1.65. The quantitative estimate of drug-likeness (QED) is 0.403. The van der Waals surface area contributed by atoms with Gasteiger partial charge in [0, 0.05) is 25.5 Å².